The van der Waals surface area contributed by atoms with Crippen molar-refractivity contribution in [2.45, 2.75) is 19.3 Å². The van der Waals surface area contributed by atoms with E-state index in [0.717, 1.165) is 23.9 Å². The summed E-state index contributed by atoms with van der Waals surface area (Å²) in [6.07, 6.45) is 4.73. The van der Waals surface area contributed by atoms with Crippen LogP contribution >= 0.6 is 0 Å². The molecule has 1 saturated carbocycles. The van der Waals surface area contributed by atoms with Crippen molar-refractivity contribution in [1.29, 1.82) is 10.5 Å². The van der Waals surface area contributed by atoms with Crippen LogP contribution in [0.4, 0.5) is 5.82 Å². The third kappa shape index (κ3) is 3.24. The van der Waals surface area contributed by atoms with Crippen molar-refractivity contribution in [3.05, 3.63) is 47.4 Å². The normalized spacial score (nSPS) is 17.6. The Morgan fingerprint density at radius 3 is 2.81 bits per heavy atom. The molecule has 5 rings (SSSR count). The molecule has 3 aromatic heterocycles. The van der Waals surface area contributed by atoms with Gasteiger partial charge in [0.2, 0.25) is 0 Å². The van der Waals surface area contributed by atoms with E-state index >= 15 is 0 Å². The Bertz CT molecular complexity index is 1410. The van der Waals surface area contributed by atoms with Crippen molar-refractivity contribution in [2.75, 3.05) is 32.5 Å². The first kappa shape index (κ1) is 20.0. The zero-order chi connectivity index (χ0) is 22.4. The number of hydrogen-bond donors (Lipinski definition) is 1. The Labute approximate surface area is 185 Å². The molecule has 9 nitrogen and oxygen atoms in total. The minimum atomic E-state index is 0.338. The van der Waals surface area contributed by atoms with Crippen molar-refractivity contribution in [3.8, 4) is 18.1 Å². The van der Waals surface area contributed by atoms with Gasteiger partial charge in [-0.2, -0.15) is 20.0 Å². The molecule has 0 aliphatic heterocycles. The molecule has 160 valence electrons. The Morgan fingerprint density at radius 2 is 2.09 bits per heavy atom. The summed E-state index contributed by atoms with van der Waals surface area (Å²) >= 11 is 0. The van der Waals surface area contributed by atoms with Crippen LogP contribution in [-0.2, 0) is 0 Å². The second kappa shape index (κ2) is 7.63. The first-order chi connectivity index (χ1) is 15.5. The average Bonchev–Trinajstić information content (AvgIpc) is 3.24. The van der Waals surface area contributed by atoms with Gasteiger partial charge < -0.3 is 10.2 Å². The van der Waals surface area contributed by atoms with Crippen LogP contribution in [0.2, 0.25) is 0 Å². The van der Waals surface area contributed by atoms with Gasteiger partial charge in [0.15, 0.2) is 17.2 Å². The lowest BCUT2D eigenvalue weighted by atomic mass is 10.1. The lowest BCUT2D eigenvalue weighted by molar-refractivity contribution is 0.385. The zero-order valence-electron chi connectivity index (χ0n) is 18.2. The van der Waals surface area contributed by atoms with Gasteiger partial charge in [0.1, 0.15) is 6.07 Å². The average molecular weight is 426 g/mol. The number of hydrogen-bond acceptors (Lipinski definition) is 7. The smallest absolute Gasteiger partial charge is 0.254 e. The van der Waals surface area contributed by atoms with Crippen molar-refractivity contribution in [3.63, 3.8) is 0 Å². The van der Waals surface area contributed by atoms with Crippen LogP contribution in [-0.4, -0.2) is 56.2 Å². The largest absolute Gasteiger partial charge is 0.367 e. The number of imidazole rings is 1. The third-order valence-electron chi connectivity index (χ3n) is 5.91. The van der Waals surface area contributed by atoms with Gasteiger partial charge in [-0.25, -0.2) is 4.98 Å². The van der Waals surface area contributed by atoms with Gasteiger partial charge in [-0.3, -0.25) is 4.57 Å². The van der Waals surface area contributed by atoms with Gasteiger partial charge in [-0.1, -0.05) is 6.07 Å². The fourth-order valence-electron chi connectivity index (χ4n) is 4.42. The molecule has 0 radical (unpaired) electrons. The topological polar surface area (TPSA) is 111 Å². The fourth-order valence-corrected chi connectivity index (χ4v) is 4.42. The first-order valence-corrected chi connectivity index (χ1v) is 10.6. The molecule has 1 N–H and O–H groups in total. The predicted molar refractivity (Wildman–Crippen MR) is 121 cm³/mol. The summed E-state index contributed by atoms with van der Waals surface area (Å²) in [5.74, 6) is 2.07. The highest BCUT2D eigenvalue weighted by Gasteiger charge is 2.40. The van der Waals surface area contributed by atoms with Crippen LogP contribution < -0.4 is 5.32 Å². The number of fused-ring (bicyclic) bond motifs is 2. The third-order valence-corrected chi connectivity index (χ3v) is 5.91. The molecule has 2 atom stereocenters. The summed E-state index contributed by atoms with van der Waals surface area (Å²) in [5, 5.41) is 27.9. The van der Waals surface area contributed by atoms with Gasteiger partial charge in [0, 0.05) is 24.7 Å². The number of anilines is 1. The van der Waals surface area contributed by atoms with E-state index in [0.29, 0.717) is 47.1 Å². The number of benzene rings is 1. The minimum absolute atomic E-state index is 0.338. The molecule has 1 aliphatic rings. The van der Waals surface area contributed by atoms with Crippen LogP contribution in [0.1, 0.15) is 36.1 Å². The Kier molecular flexibility index (Phi) is 4.76. The molecule has 2 unspecified atom stereocenters. The summed E-state index contributed by atoms with van der Waals surface area (Å²) < 4.78 is 3.45. The van der Waals surface area contributed by atoms with Crippen LogP contribution in [0.25, 0.3) is 22.5 Å². The van der Waals surface area contributed by atoms with Crippen molar-refractivity contribution in [1.82, 2.24) is 29.0 Å². The molecular formula is C23H23N9. The Balaban J connectivity index is 1.71. The summed E-state index contributed by atoms with van der Waals surface area (Å²) in [6.45, 7) is 3.68. The number of rotatable bonds is 6. The predicted octanol–water partition coefficient (Wildman–Crippen LogP) is 2.91. The first-order valence-electron chi connectivity index (χ1n) is 10.6. The number of nitrogens with one attached hydrogen (secondary N) is 1. The highest BCUT2D eigenvalue weighted by atomic mass is 15.4. The van der Waals surface area contributed by atoms with E-state index in [9.17, 15) is 10.5 Å². The summed E-state index contributed by atoms with van der Waals surface area (Å²) in [4.78, 5) is 11.3. The molecule has 9 heteroatoms. The van der Waals surface area contributed by atoms with Crippen LogP contribution in [0.3, 0.4) is 0 Å². The molecule has 0 amide bonds. The van der Waals surface area contributed by atoms with Crippen molar-refractivity contribution >= 4 is 22.4 Å². The van der Waals surface area contributed by atoms with Crippen LogP contribution in [0, 0.1) is 28.6 Å². The number of aromatic nitrogens is 5. The highest BCUT2D eigenvalue weighted by Crippen LogP contribution is 2.50. The summed E-state index contributed by atoms with van der Waals surface area (Å²) in [5.41, 5.74) is 3.56. The highest BCUT2D eigenvalue weighted by molar-refractivity contribution is 5.87. The number of nitriles is 2. The quantitative estimate of drug-likeness (QED) is 0.506. The van der Waals surface area contributed by atoms with E-state index < -0.39 is 0 Å². The van der Waals surface area contributed by atoms with E-state index in [1.54, 1.807) is 0 Å². The molecule has 32 heavy (non-hydrogen) atoms. The van der Waals surface area contributed by atoms with E-state index in [1.807, 2.05) is 29.7 Å². The van der Waals surface area contributed by atoms with E-state index in [2.05, 4.69) is 52.7 Å². The van der Waals surface area contributed by atoms with Gasteiger partial charge in [0.25, 0.3) is 5.95 Å². The van der Waals surface area contributed by atoms with Crippen LogP contribution in [0.5, 0.6) is 0 Å². The van der Waals surface area contributed by atoms with Crippen LogP contribution in [0.15, 0.2) is 30.6 Å². The van der Waals surface area contributed by atoms with Gasteiger partial charge >= 0.3 is 0 Å². The van der Waals surface area contributed by atoms with Gasteiger partial charge in [-0.05, 0) is 57.0 Å². The van der Waals surface area contributed by atoms with Gasteiger partial charge in [0.05, 0.1) is 23.3 Å². The maximum absolute atomic E-state index is 9.49. The van der Waals surface area contributed by atoms with E-state index in [4.69, 9.17) is 4.98 Å². The maximum Gasteiger partial charge on any atom is 0.254 e. The summed E-state index contributed by atoms with van der Waals surface area (Å²) in [6, 6.07) is 10.1. The summed E-state index contributed by atoms with van der Waals surface area (Å²) in [7, 11) is 4.20. The molecule has 1 fully saturated rings. The van der Waals surface area contributed by atoms with E-state index in [1.165, 1.54) is 16.3 Å². The second-order valence-electron chi connectivity index (χ2n) is 8.44. The minimum Gasteiger partial charge on any atom is -0.367 e. The Hall–Kier alpha value is -3.95. The second-order valence-corrected chi connectivity index (χ2v) is 8.44. The van der Waals surface area contributed by atoms with Crippen molar-refractivity contribution < 1.29 is 0 Å². The standard InChI is InChI=1S/C23H23N9/c1-4-26-21-22-27-11-16(10-25)32(22)29-23(28-21)31-13-19(18-8-15(18)12-30(2)3)17-6-5-14(9-24)7-20(17)31/h5-7,11,13,15,18H,4,8,12H2,1-3H3,(H,26,28,29). The lowest BCUT2D eigenvalue weighted by Crippen LogP contribution is -2.15. The Morgan fingerprint density at radius 1 is 1.25 bits per heavy atom. The molecule has 4 aromatic rings. The molecule has 3 heterocycles. The molecule has 0 bridgehead atoms. The van der Waals surface area contributed by atoms with Crippen molar-refractivity contribution in [2.24, 2.45) is 5.92 Å². The molecule has 1 aliphatic carbocycles. The molecule has 1 aromatic carbocycles. The number of nitrogens with zero attached hydrogens (tertiary/aromatic N) is 8. The monoisotopic (exact) mass is 425 g/mol. The lowest BCUT2D eigenvalue weighted by Gasteiger charge is -2.09. The molecule has 0 spiro atoms. The zero-order valence-corrected chi connectivity index (χ0v) is 18.2. The maximum atomic E-state index is 9.49. The fraction of sp³-hybridized carbons (Fsp3) is 0.348. The van der Waals surface area contributed by atoms with Gasteiger partial charge in [-0.15, -0.1) is 5.10 Å². The molecule has 0 saturated heterocycles. The SMILES string of the molecule is CCNc1nc(-n2cc(C3CC3CN(C)C)c3ccc(C#N)cc32)nn2c(C#N)cnc12. The molecular weight excluding hydrogens is 402 g/mol. The van der Waals surface area contributed by atoms with E-state index in [-0.39, 0.29) is 0 Å².